The molecular weight excluding hydrogens is 303 g/mol. The number of benzene rings is 1. The Morgan fingerprint density at radius 1 is 1.45 bits per heavy atom. The van der Waals surface area contributed by atoms with Gasteiger partial charge in [-0.2, -0.15) is 0 Å². The van der Waals surface area contributed by atoms with Crippen molar-refractivity contribution in [2.24, 2.45) is 0 Å². The monoisotopic (exact) mass is 316 g/mol. The number of nitrogens with zero attached hydrogens (tertiary/aromatic N) is 1. The Morgan fingerprint density at radius 2 is 2.20 bits per heavy atom. The maximum atomic E-state index is 13.6. The van der Waals surface area contributed by atoms with E-state index in [1.165, 1.54) is 24.3 Å². The number of hydrogen-bond donors (Lipinski definition) is 2. The average molecular weight is 316 g/mol. The fourth-order valence-corrected chi connectivity index (χ4v) is 3.43. The number of sulfonamides is 1. The van der Waals surface area contributed by atoms with Crippen molar-refractivity contribution >= 4 is 21.4 Å². The molecule has 0 atom stereocenters. The third kappa shape index (κ3) is 3.21. The minimum atomic E-state index is -3.77. The van der Waals surface area contributed by atoms with Gasteiger partial charge >= 0.3 is 0 Å². The molecule has 1 heterocycles. The van der Waals surface area contributed by atoms with E-state index < -0.39 is 22.4 Å². The summed E-state index contributed by atoms with van der Waals surface area (Å²) >= 11 is 1.33. The van der Waals surface area contributed by atoms with Gasteiger partial charge in [-0.1, -0.05) is 0 Å². The highest BCUT2D eigenvalue weighted by Crippen LogP contribution is 2.19. The van der Waals surface area contributed by atoms with Crippen LogP contribution in [-0.2, 0) is 23.2 Å². The van der Waals surface area contributed by atoms with Gasteiger partial charge in [0.15, 0.2) is 0 Å². The second kappa shape index (κ2) is 5.96. The number of aliphatic hydroxyl groups is 1. The van der Waals surface area contributed by atoms with Gasteiger partial charge in [0.2, 0.25) is 10.0 Å². The molecule has 8 heteroatoms. The number of halogens is 1. The second-order valence-electron chi connectivity index (χ2n) is 4.12. The first-order valence-electron chi connectivity index (χ1n) is 5.72. The summed E-state index contributed by atoms with van der Waals surface area (Å²) in [6.07, 6.45) is 1.58. The van der Waals surface area contributed by atoms with Gasteiger partial charge in [0.25, 0.3) is 0 Å². The summed E-state index contributed by atoms with van der Waals surface area (Å²) in [5, 5.41) is 11.4. The number of aryl methyl sites for hydroxylation is 1. The maximum Gasteiger partial charge on any atom is 0.240 e. The van der Waals surface area contributed by atoms with E-state index in [2.05, 4.69) is 9.71 Å². The number of aromatic nitrogens is 1. The molecule has 0 aliphatic heterocycles. The van der Waals surface area contributed by atoms with Crippen LogP contribution in [0.25, 0.3) is 0 Å². The number of hydrogen-bond acceptors (Lipinski definition) is 5. The SMILES string of the molecule is Cc1cc(S(=O)(=O)NCc2nccs2)cc(CO)c1F. The summed E-state index contributed by atoms with van der Waals surface area (Å²) in [7, 11) is -3.77. The topological polar surface area (TPSA) is 79.3 Å². The molecular formula is C12H13FN2O3S2. The Bertz CT molecular complexity index is 700. The summed E-state index contributed by atoms with van der Waals surface area (Å²) in [5.41, 5.74) is 0.130. The Balaban J connectivity index is 2.27. The van der Waals surface area contributed by atoms with Gasteiger partial charge in [-0.25, -0.2) is 22.5 Å². The summed E-state index contributed by atoms with van der Waals surface area (Å²) in [4.78, 5) is 3.90. The first kappa shape index (κ1) is 15.0. The maximum absolute atomic E-state index is 13.6. The molecule has 2 aromatic rings. The van der Waals surface area contributed by atoms with Gasteiger partial charge in [0, 0.05) is 17.1 Å². The molecule has 2 rings (SSSR count). The zero-order chi connectivity index (χ0) is 14.8. The van der Waals surface area contributed by atoms with Crippen molar-refractivity contribution in [1.82, 2.24) is 9.71 Å². The third-order valence-corrected chi connectivity index (χ3v) is 4.84. The number of rotatable bonds is 5. The van der Waals surface area contributed by atoms with Crippen molar-refractivity contribution in [2.45, 2.75) is 25.0 Å². The zero-order valence-corrected chi connectivity index (χ0v) is 12.3. The molecule has 0 radical (unpaired) electrons. The lowest BCUT2D eigenvalue weighted by Gasteiger charge is -2.09. The highest BCUT2D eigenvalue weighted by atomic mass is 32.2. The van der Waals surface area contributed by atoms with Crippen molar-refractivity contribution in [1.29, 1.82) is 0 Å². The third-order valence-electron chi connectivity index (χ3n) is 2.68. The predicted octanol–water partition coefficient (Wildman–Crippen LogP) is 1.56. The van der Waals surface area contributed by atoms with Crippen LogP contribution in [0.15, 0.2) is 28.6 Å². The molecule has 0 spiro atoms. The molecule has 0 aliphatic rings. The van der Waals surface area contributed by atoms with E-state index >= 15 is 0 Å². The summed E-state index contributed by atoms with van der Waals surface area (Å²) in [6.45, 7) is 0.974. The van der Waals surface area contributed by atoms with Crippen molar-refractivity contribution in [3.63, 3.8) is 0 Å². The normalized spacial score (nSPS) is 11.8. The van der Waals surface area contributed by atoms with Crippen molar-refractivity contribution in [3.8, 4) is 0 Å². The van der Waals surface area contributed by atoms with E-state index in [1.54, 1.807) is 11.6 Å². The molecule has 5 nitrogen and oxygen atoms in total. The smallest absolute Gasteiger partial charge is 0.240 e. The molecule has 20 heavy (non-hydrogen) atoms. The molecule has 0 aliphatic carbocycles. The summed E-state index contributed by atoms with van der Waals surface area (Å²) in [6, 6.07) is 2.37. The molecule has 108 valence electrons. The largest absolute Gasteiger partial charge is 0.392 e. The highest BCUT2D eigenvalue weighted by Gasteiger charge is 2.18. The molecule has 0 amide bonds. The van der Waals surface area contributed by atoms with E-state index in [0.717, 1.165) is 6.07 Å². The van der Waals surface area contributed by atoms with E-state index in [9.17, 15) is 12.8 Å². The van der Waals surface area contributed by atoms with Crippen LogP contribution in [0.3, 0.4) is 0 Å². The fraction of sp³-hybridized carbons (Fsp3) is 0.250. The molecule has 0 bridgehead atoms. The molecule has 0 fully saturated rings. The number of aliphatic hydroxyl groups excluding tert-OH is 1. The Labute approximate surface area is 120 Å². The minimum Gasteiger partial charge on any atom is -0.392 e. The van der Waals surface area contributed by atoms with Gasteiger partial charge in [0.05, 0.1) is 18.0 Å². The average Bonchev–Trinajstić information content (AvgIpc) is 2.92. The van der Waals surface area contributed by atoms with Gasteiger partial charge in [-0.3, -0.25) is 0 Å². The van der Waals surface area contributed by atoms with E-state index in [0.29, 0.717) is 5.01 Å². The van der Waals surface area contributed by atoms with Gasteiger partial charge < -0.3 is 5.11 Å². The van der Waals surface area contributed by atoms with E-state index in [-0.39, 0.29) is 22.6 Å². The number of thiazole rings is 1. The molecule has 0 unspecified atom stereocenters. The number of nitrogens with one attached hydrogen (secondary N) is 1. The standard InChI is InChI=1S/C12H13FN2O3S2/c1-8-4-10(5-9(7-16)12(8)13)20(17,18)15-6-11-14-2-3-19-11/h2-5,15-16H,6-7H2,1H3. The van der Waals surface area contributed by atoms with Crippen LogP contribution in [0.2, 0.25) is 0 Å². The van der Waals surface area contributed by atoms with Crippen LogP contribution in [-0.4, -0.2) is 18.5 Å². The Morgan fingerprint density at radius 3 is 2.80 bits per heavy atom. The van der Waals surface area contributed by atoms with Crippen molar-refractivity contribution in [3.05, 3.63) is 45.7 Å². The highest BCUT2D eigenvalue weighted by molar-refractivity contribution is 7.89. The van der Waals surface area contributed by atoms with Gasteiger partial charge in [-0.05, 0) is 24.6 Å². The van der Waals surface area contributed by atoms with Gasteiger partial charge in [0.1, 0.15) is 10.8 Å². The first-order chi connectivity index (χ1) is 9.44. The van der Waals surface area contributed by atoms with E-state index in [4.69, 9.17) is 5.11 Å². The lowest BCUT2D eigenvalue weighted by Crippen LogP contribution is -2.23. The van der Waals surface area contributed by atoms with Crippen LogP contribution in [0.4, 0.5) is 4.39 Å². The van der Waals surface area contributed by atoms with Gasteiger partial charge in [-0.15, -0.1) is 11.3 Å². The van der Waals surface area contributed by atoms with Crippen LogP contribution in [0.1, 0.15) is 16.1 Å². The predicted molar refractivity (Wildman–Crippen MR) is 73.2 cm³/mol. The Hall–Kier alpha value is -1.35. The second-order valence-corrected chi connectivity index (χ2v) is 6.87. The molecule has 1 aromatic heterocycles. The summed E-state index contributed by atoms with van der Waals surface area (Å²) in [5.74, 6) is -0.591. The first-order valence-corrected chi connectivity index (χ1v) is 8.08. The van der Waals surface area contributed by atoms with Crippen LogP contribution < -0.4 is 4.72 Å². The fourth-order valence-electron chi connectivity index (χ4n) is 1.66. The van der Waals surface area contributed by atoms with Crippen LogP contribution in [0, 0.1) is 12.7 Å². The molecule has 2 N–H and O–H groups in total. The van der Waals surface area contributed by atoms with Crippen LogP contribution >= 0.6 is 11.3 Å². The lowest BCUT2D eigenvalue weighted by molar-refractivity contribution is 0.275. The van der Waals surface area contributed by atoms with E-state index in [1.807, 2.05) is 0 Å². The lowest BCUT2D eigenvalue weighted by atomic mass is 10.1. The molecule has 0 saturated heterocycles. The molecule has 0 saturated carbocycles. The van der Waals surface area contributed by atoms with Crippen LogP contribution in [0.5, 0.6) is 0 Å². The summed E-state index contributed by atoms with van der Waals surface area (Å²) < 4.78 is 40.2. The Kier molecular flexibility index (Phi) is 4.48. The minimum absolute atomic E-state index is 0.0420. The molecule has 1 aromatic carbocycles. The zero-order valence-electron chi connectivity index (χ0n) is 10.6. The van der Waals surface area contributed by atoms with Crippen molar-refractivity contribution < 1.29 is 17.9 Å². The quantitative estimate of drug-likeness (QED) is 0.877. The van der Waals surface area contributed by atoms with Crippen molar-refractivity contribution in [2.75, 3.05) is 0 Å².